The summed E-state index contributed by atoms with van der Waals surface area (Å²) >= 11 is 0. The van der Waals surface area contributed by atoms with Gasteiger partial charge in [-0.2, -0.15) is 0 Å². The zero-order chi connectivity index (χ0) is 11.6. The van der Waals surface area contributed by atoms with Gasteiger partial charge < -0.3 is 5.32 Å². The van der Waals surface area contributed by atoms with Gasteiger partial charge in [-0.25, -0.2) is 0 Å². The lowest BCUT2D eigenvalue weighted by Gasteiger charge is -2.34. The number of fused-ring (bicyclic) bond motifs is 2. The van der Waals surface area contributed by atoms with E-state index in [0.717, 1.165) is 17.8 Å². The molecule has 1 heteroatoms. The minimum Gasteiger partial charge on any atom is -0.311 e. The fourth-order valence-corrected chi connectivity index (χ4v) is 3.60. The minimum absolute atomic E-state index is 0.408. The first kappa shape index (κ1) is 12.2. The van der Waals surface area contributed by atoms with Crippen molar-refractivity contribution in [2.45, 2.75) is 58.4 Å². The van der Waals surface area contributed by atoms with Crippen molar-refractivity contribution in [3.63, 3.8) is 0 Å². The predicted molar refractivity (Wildman–Crippen MR) is 70.5 cm³/mol. The fraction of sp³-hybridized carbons (Fsp3) is 0.867. The molecule has 16 heavy (non-hydrogen) atoms. The average molecular weight is 221 g/mol. The molecule has 0 amide bonds. The molecule has 1 fully saturated rings. The standard InChI is InChI=1S/C15H27N/c1-4-15(5-2,6-3)16-11-14-10-12-7-8-13(14)9-12/h7-8,12-14,16H,4-6,9-11H2,1-3H3. The van der Waals surface area contributed by atoms with Gasteiger partial charge in [-0.15, -0.1) is 0 Å². The summed E-state index contributed by atoms with van der Waals surface area (Å²) < 4.78 is 0. The lowest BCUT2D eigenvalue weighted by atomic mass is 9.87. The molecule has 1 saturated carbocycles. The Morgan fingerprint density at radius 1 is 1.06 bits per heavy atom. The molecule has 92 valence electrons. The maximum atomic E-state index is 3.88. The van der Waals surface area contributed by atoms with Crippen molar-refractivity contribution in [2.24, 2.45) is 17.8 Å². The van der Waals surface area contributed by atoms with Crippen molar-refractivity contribution in [2.75, 3.05) is 6.54 Å². The SMILES string of the molecule is CCC(CC)(CC)NCC1CC2C=CC1C2. The van der Waals surface area contributed by atoms with Crippen LogP contribution in [0.2, 0.25) is 0 Å². The van der Waals surface area contributed by atoms with E-state index < -0.39 is 0 Å². The summed E-state index contributed by atoms with van der Waals surface area (Å²) in [4.78, 5) is 0. The van der Waals surface area contributed by atoms with Crippen LogP contribution in [0, 0.1) is 17.8 Å². The van der Waals surface area contributed by atoms with E-state index in [2.05, 4.69) is 38.2 Å². The molecule has 2 rings (SSSR count). The number of hydrogen-bond donors (Lipinski definition) is 1. The lowest BCUT2D eigenvalue weighted by Crippen LogP contribution is -2.46. The van der Waals surface area contributed by atoms with Crippen molar-refractivity contribution in [3.8, 4) is 0 Å². The highest BCUT2D eigenvalue weighted by Crippen LogP contribution is 2.43. The first-order valence-corrected chi connectivity index (χ1v) is 7.16. The lowest BCUT2D eigenvalue weighted by molar-refractivity contribution is 0.259. The van der Waals surface area contributed by atoms with E-state index in [-0.39, 0.29) is 0 Å². The molecule has 2 bridgehead atoms. The Balaban J connectivity index is 1.84. The normalized spacial score (nSPS) is 32.6. The molecule has 2 aliphatic rings. The van der Waals surface area contributed by atoms with Crippen molar-refractivity contribution >= 4 is 0 Å². The van der Waals surface area contributed by atoms with Gasteiger partial charge in [0.05, 0.1) is 0 Å². The van der Waals surface area contributed by atoms with Gasteiger partial charge in [0.1, 0.15) is 0 Å². The Kier molecular flexibility index (Phi) is 3.73. The topological polar surface area (TPSA) is 12.0 Å². The van der Waals surface area contributed by atoms with Crippen molar-refractivity contribution in [1.82, 2.24) is 5.32 Å². The Hall–Kier alpha value is -0.300. The van der Waals surface area contributed by atoms with E-state index >= 15 is 0 Å². The van der Waals surface area contributed by atoms with Crippen LogP contribution in [-0.4, -0.2) is 12.1 Å². The largest absolute Gasteiger partial charge is 0.311 e. The second kappa shape index (κ2) is 4.91. The van der Waals surface area contributed by atoms with Crippen LogP contribution < -0.4 is 5.32 Å². The third-order valence-electron chi connectivity index (χ3n) is 5.19. The Bertz CT molecular complexity index is 244. The van der Waals surface area contributed by atoms with Crippen LogP contribution in [0.25, 0.3) is 0 Å². The smallest absolute Gasteiger partial charge is 0.0173 e. The Morgan fingerprint density at radius 2 is 1.75 bits per heavy atom. The average Bonchev–Trinajstić information content (AvgIpc) is 2.93. The van der Waals surface area contributed by atoms with E-state index in [4.69, 9.17) is 0 Å². The summed E-state index contributed by atoms with van der Waals surface area (Å²) in [6.07, 6.45) is 11.6. The van der Waals surface area contributed by atoms with Crippen LogP contribution >= 0.6 is 0 Å². The summed E-state index contributed by atoms with van der Waals surface area (Å²) in [7, 11) is 0. The zero-order valence-corrected chi connectivity index (χ0v) is 11.1. The van der Waals surface area contributed by atoms with E-state index in [1.165, 1.54) is 38.6 Å². The Morgan fingerprint density at radius 3 is 2.19 bits per heavy atom. The molecule has 0 saturated heterocycles. The summed E-state index contributed by atoms with van der Waals surface area (Å²) in [5.41, 5.74) is 0.408. The van der Waals surface area contributed by atoms with Crippen molar-refractivity contribution in [3.05, 3.63) is 12.2 Å². The summed E-state index contributed by atoms with van der Waals surface area (Å²) in [6.45, 7) is 8.20. The highest BCUT2D eigenvalue weighted by molar-refractivity contribution is 5.10. The summed E-state index contributed by atoms with van der Waals surface area (Å²) in [6, 6.07) is 0. The molecule has 2 aliphatic carbocycles. The molecular formula is C15H27N. The van der Waals surface area contributed by atoms with Gasteiger partial charge in [0.25, 0.3) is 0 Å². The van der Waals surface area contributed by atoms with E-state index in [1.54, 1.807) is 0 Å². The molecule has 3 atom stereocenters. The van der Waals surface area contributed by atoms with Crippen LogP contribution in [0.3, 0.4) is 0 Å². The van der Waals surface area contributed by atoms with Gasteiger partial charge in [-0.1, -0.05) is 32.9 Å². The van der Waals surface area contributed by atoms with Crippen LogP contribution in [0.15, 0.2) is 12.2 Å². The first-order chi connectivity index (χ1) is 7.73. The van der Waals surface area contributed by atoms with Gasteiger partial charge >= 0.3 is 0 Å². The van der Waals surface area contributed by atoms with E-state index in [0.29, 0.717) is 5.54 Å². The van der Waals surface area contributed by atoms with Crippen molar-refractivity contribution in [1.29, 1.82) is 0 Å². The summed E-state index contributed by atoms with van der Waals surface area (Å²) in [5, 5.41) is 3.88. The van der Waals surface area contributed by atoms with Gasteiger partial charge in [-0.3, -0.25) is 0 Å². The monoisotopic (exact) mass is 221 g/mol. The molecule has 3 unspecified atom stereocenters. The second-order valence-electron chi connectivity index (χ2n) is 5.76. The quantitative estimate of drug-likeness (QED) is 0.673. The zero-order valence-electron chi connectivity index (χ0n) is 11.1. The van der Waals surface area contributed by atoms with Gasteiger partial charge in [0.15, 0.2) is 0 Å². The van der Waals surface area contributed by atoms with Gasteiger partial charge in [-0.05, 0) is 56.4 Å². The first-order valence-electron chi connectivity index (χ1n) is 7.16. The third kappa shape index (κ3) is 2.20. The maximum absolute atomic E-state index is 3.88. The highest BCUT2D eigenvalue weighted by Gasteiger charge is 2.36. The van der Waals surface area contributed by atoms with Crippen LogP contribution in [0.5, 0.6) is 0 Å². The molecule has 0 aromatic heterocycles. The minimum atomic E-state index is 0.408. The van der Waals surface area contributed by atoms with Crippen LogP contribution in [0.1, 0.15) is 52.9 Å². The molecule has 1 nitrogen and oxygen atoms in total. The molecule has 0 heterocycles. The Labute approximate surface area is 101 Å². The molecule has 0 radical (unpaired) electrons. The molecular weight excluding hydrogens is 194 g/mol. The predicted octanol–water partition coefficient (Wildman–Crippen LogP) is 3.76. The van der Waals surface area contributed by atoms with Crippen LogP contribution in [-0.2, 0) is 0 Å². The van der Waals surface area contributed by atoms with Gasteiger partial charge in [0, 0.05) is 5.54 Å². The number of allylic oxidation sites excluding steroid dienone is 2. The number of hydrogen-bond acceptors (Lipinski definition) is 1. The maximum Gasteiger partial charge on any atom is 0.0173 e. The van der Waals surface area contributed by atoms with E-state index in [9.17, 15) is 0 Å². The summed E-state index contributed by atoms with van der Waals surface area (Å²) in [5.74, 6) is 2.72. The second-order valence-corrected chi connectivity index (χ2v) is 5.76. The van der Waals surface area contributed by atoms with Crippen LogP contribution in [0.4, 0.5) is 0 Å². The van der Waals surface area contributed by atoms with Gasteiger partial charge in [0.2, 0.25) is 0 Å². The molecule has 0 aromatic rings. The molecule has 1 N–H and O–H groups in total. The number of rotatable bonds is 6. The van der Waals surface area contributed by atoms with E-state index in [1.807, 2.05) is 0 Å². The van der Waals surface area contributed by atoms with Crippen molar-refractivity contribution < 1.29 is 0 Å². The molecule has 0 aromatic carbocycles. The third-order valence-corrected chi connectivity index (χ3v) is 5.19. The highest BCUT2D eigenvalue weighted by atomic mass is 15.0. The molecule has 0 aliphatic heterocycles. The fourth-order valence-electron chi connectivity index (χ4n) is 3.60. The number of nitrogens with one attached hydrogen (secondary N) is 1. The molecule has 0 spiro atoms.